The Morgan fingerprint density at radius 2 is 1.76 bits per heavy atom. The van der Waals surface area contributed by atoms with Crippen molar-refractivity contribution in [1.82, 2.24) is 5.01 Å². The van der Waals surface area contributed by atoms with Crippen molar-refractivity contribution in [1.29, 1.82) is 0 Å². The van der Waals surface area contributed by atoms with Crippen molar-refractivity contribution in [2.75, 3.05) is 16.8 Å². The van der Waals surface area contributed by atoms with Crippen LogP contribution < -0.4 is 10.2 Å². The number of anilines is 2. The van der Waals surface area contributed by atoms with E-state index in [9.17, 15) is 32.3 Å². The molecule has 2 atom stereocenters. The van der Waals surface area contributed by atoms with E-state index < -0.39 is 53.2 Å². The Hall–Kier alpha value is -4.22. The molecule has 0 aromatic heterocycles. The monoisotopic (exact) mass is 474 g/mol. The van der Waals surface area contributed by atoms with Crippen LogP contribution >= 0.6 is 0 Å². The Balaban J connectivity index is 1.72. The predicted octanol–water partition coefficient (Wildman–Crippen LogP) is 3.03. The number of benzene rings is 2. The smallest absolute Gasteiger partial charge is 0.416 e. The first-order valence-electron chi connectivity index (χ1n) is 10.1. The highest BCUT2D eigenvalue weighted by Gasteiger charge is 2.60. The number of esters is 1. The SMILES string of the molecule is CCOC(=O)C1=NN(C(=O)Nc2ccccc2)[C@H]2C(=O)N(c3cccc(C(F)(F)F)c3)C(=O)[C@H]12. The van der Waals surface area contributed by atoms with Crippen LogP contribution in [0.25, 0.3) is 0 Å². The van der Waals surface area contributed by atoms with Gasteiger partial charge in [0.2, 0.25) is 5.91 Å². The predicted molar refractivity (Wildman–Crippen MR) is 113 cm³/mol. The number of carbonyl (C=O) groups is 4. The first-order valence-corrected chi connectivity index (χ1v) is 10.1. The number of ether oxygens (including phenoxy) is 1. The lowest BCUT2D eigenvalue weighted by Crippen LogP contribution is -2.44. The number of urea groups is 1. The number of para-hydroxylation sites is 1. The van der Waals surface area contributed by atoms with Gasteiger partial charge in [-0.3, -0.25) is 9.59 Å². The van der Waals surface area contributed by atoms with E-state index in [0.29, 0.717) is 21.7 Å². The second-order valence-electron chi connectivity index (χ2n) is 7.33. The van der Waals surface area contributed by atoms with E-state index in [1.54, 1.807) is 30.3 Å². The van der Waals surface area contributed by atoms with Gasteiger partial charge in [-0.25, -0.2) is 19.5 Å². The molecule has 2 aromatic carbocycles. The molecule has 0 unspecified atom stereocenters. The van der Waals surface area contributed by atoms with Crippen molar-refractivity contribution in [3.8, 4) is 0 Å². The summed E-state index contributed by atoms with van der Waals surface area (Å²) in [4.78, 5) is 52.3. The van der Waals surface area contributed by atoms with Gasteiger partial charge in [0.1, 0.15) is 5.92 Å². The van der Waals surface area contributed by atoms with E-state index in [2.05, 4.69) is 10.4 Å². The molecular weight excluding hydrogens is 457 g/mol. The van der Waals surface area contributed by atoms with Crippen LogP contribution in [0.1, 0.15) is 12.5 Å². The maximum Gasteiger partial charge on any atom is 0.416 e. The zero-order chi connectivity index (χ0) is 24.6. The lowest BCUT2D eigenvalue weighted by atomic mass is 9.98. The largest absolute Gasteiger partial charge is 0.461 e. The average Bonchev–Trinajstić information content (AvgIpc) is 3.31. The number of fused-ring (bicyclic) bond motifs is 1. The van der Waals surface area contributed by atoms with Crippen LogP contribution in [0.3, 0.4) is 0 Å². The number of halogens is 3. The van der Waals surface area contributed by atoms with Crippen molar-refractivity contribution in [3.63, 3.8) is 0 Å². The van der Waals surface area contributed by atoms with Crippen LogP contribution in [0, 0.1) is 5.92 Å². The summed E-state index contributed by atoms with van der Waals surface area (Å²) in [5, 5.41) is 7.04. The summed E-state index contributed by atoms with van der Waals surface area (Å²) < 4.78 is 44.4. The summed E-state index contributed by atoms with van der Waals surface area (Å²) >= 11 is 0. The summed E-state index contributed by atoms with van der Waals surface area (Å²) in [7, 11) is 0. The van der Waals surface area contributed by atoms with E-state index >= 15 is 0 Å². The lowest BCUT2D eigenvalue weighted by molar-refractivity contribution is -0.137. The summed E-state index contributed by atoms with van der Waals surface area (Å²) in [5.41, 5.74) is -1.54. The topological polar surface area (TPSA) is 108 Å². The van der Waals surface area contributed by atoms with Gasteiger partial charge >= 0.3 is 18.2 Å². The summed E-state index contributed by atoms with van der Waals surface area (Å²) in [5.74, 6) is -4.53. The number of rotatable bonds is 4. The molecule has 9 nitrogen and oxygen atoms in total. The van der Waals surface area contributed by atoms with Crippen LogP contribution in [0.2, 0.25) is 0 Å². The molecule has 0 bridgehead atoms. The quantitative estimate of drug-likeness (QED) is 0.541. The minimum absolute atomic E-state index is 0.0646. The van der Waals surface area contributed by atoms with Crippen molar-refractivity contribution in [3.05, 3.63) is 60.2 Å². The number of nitrogens with zero attached hydrogens (tertiary/aromatic N) is 3. The number of hydrazone groups is 1. The second-order valence-corrected chi connectivity index (χ2v) is 7.33. The maximum absolute atomic E-state index is 13.2. The molecule has 4 rings (SSSR count). The molecule has 2 aliphatic rings. The van der Waals surface area contributed by atoms with E-state index in [-0.39, 0.29) is 12.3 Å². The van der Waals surface area contributed by atoms with Crippen LogP contribution in [-0.4, -0.2) is 47.2 Å². The van der Waals surface area contributed by atoms with Gasteiger partial charge in [-0.05, 0) is 37.3 Å². The van der Waals surface area contributed by atoms with E-state index in [4.69, 9.17) is 4.74 Å². The first kappa shape index (κ1) is 23.0. The van der Waals surface area contributed by atoms with Gasteiger partial charge < -0.3 is 10.1 Å². The fraction of sp³-hybridized carbons (Fsp3) is 0.227. The van der Waals surface area contributed by atoms with E-state index in [0.717, 1.165) is 18.2 Å². The molecule has 2 aliphatic heterocycles. The zero-order valence-corrected chi connectivity index (χ0v) is 17.6. The molecule has 2 aromatic rings. The molecule has 1 fully saturated rings. The Morgan fingerprint density at radius 3 is 2.41 bits per heavy atom. The van der Waals surface area contributed by atoms with Gasteiger partial charge in [-0.2, -0.15) is 18.3 Å². The summed E-state index contributed by atoms with van der Waals surface area (Å²) in [6, 6.07) is 9.31. The number of alkyl halides is 3. The Bertz CT molecular complexity index is 1200. The third-order valence-corrected chi connectivity index (χ3v) is 5.20. The molecule has 34 heavy (non-hydrogen) atoms. The first-order chi connectivity index (χ1) is 16.1. The molecule has 4 amide bonds. The lowest BCUT2D eigenvalue weighted by Gasteiger charge is -2.21. The van der Waals surface area contributed by atoms with Crippen LogP contribution in [0.4, 0.5) is 29.3 Å². The molecular formula is C22H17F3N4O5. The van der Waals surface area contributed by atoms with Crippen LogP contribution in [-0.2, 0) is 25.3 Å². The van der Waals surface area contributed by atoms with Crippen LogP contribution in [0.15, 0.2) is 59.7 Å². The zero-order valence-electron chi connectivity index (χ0n) is 17.6. The van der Waals surface area contributed by atoms with Gasteiger partial charge in [0.25, 0.3) is 5.91 Å². The normalized spacial score (nSPS) is 19.7. The Labute approximate surface area is 190 Å². The molecule has 1 N–H and O–H groups in total. The third kappa shape index (κ3) is 3.98. The number of nitrogens with one attached hydrogen (secondary N) is 1. The fourth-order valence-electron chi connectivity index (χ4n) is 3.73. The highest BCUT2D eigenvalue weighted by Crippen LogP contribution is 2.38. The average molecular weight is 474 g/mol. The fourth-order valence-corrected chi connectivity index (χ4v) is 3.73. The molecule has 12 heteroatoms. The Kier molecular flexibility index (Phi) is 5.82. The minimum atomic E-state index is -4.71. The molecule has 0 saturated carbocycles. The molecule has 2 heterocycles. The second kappa shape index (κ2) is 8.61. The van der Waals surface area contributed by atoms with E-state index in [1.807, 2.05) is 0 Å². The summed E-state index contributed by atoms with van der Waals surface area (Å²) in [6.45, 7) is 1.45. The van der Waals surface area contributed by atoms with Gasteiger partial charge in [-0.1, -0.05) is 24.3 Å². The van der Waals surface area contributed by atoms with Crippen molar-refractivity contribution < 1.29 is 37.1 Å². The minimum Gasteiger partial charge on any atom is -0.461 e. The third-order valence-electron chi connectivity index (χ3n) is 5.20. The highest BCUT2D eigenvalue weighted by molar-refractivity contribution is 6.47. The molecule has 0 radical (unpaired) electrons. The number of hydrogen-bond acceptors (Lipinski definition) is 6. The van der Waals surface area contributed by atoms with Crippen molar-refractivity contribution >= 4 is 40.9 Å². The van der Waals surface area contributed by atoms with E-state index in [1.165, 1.54) is 6.92 Å². The van der Waals surface area contributed by atoms with Gasteiger partial charge in [0.15, 0.2) is 11.8 Å². The number of hydrogen-bond donors (Lipinski definition) is 1. The highest BCUT2D eigenvalue weighted by atomic mass is 19.4. The standard InChI is InChI=1S/C22H17F3N4O5/c1-2-34-20(32)16-15-17(29(27-16)21(33)26-13-8-4-3-5-9-13)19(31)28(18(15)30)14-10-6-7-12(11-14)22(23,24)25/h3-11,15,17H,2H2,1H3,(H,26,33)/t15-,17-/m1/s1. The van der Waals surface area contributed by atoms with Crippen LogP contribution in [0.5, 0.6) is 0 Å². The number of carbonyl (C=O) groups excluding carboxylic acids is 4. The van der Waals surface area contributed by atoms with Gasteiger partial charge in [-0.15, -0.1) is 0 Å². The van der Waals surface area contributed by atoms with Gasteiger partial charge in [0, 0.05) is 5.69 Å². The molecule has 0 aliphatic carbocycles. The molecule has 176 valence electrons. The Morgan fingerprint density at radius 1 is 1.06 bits per heavy atom. The summed E-state index contributed by atoms with van der Waals surface area (Å²) in [6.07, 6.45) is -4.71. The molecule has 0 spiro atoms. The molecule has 1 saturated heterocycles. The number of imide groups is 1. The van der Waals surface area contributed by atoms with Gasteiger partial charge in [0.05, 0.1) is 17.9 Å². The van der Waals surface area contributed by atoms with Crippen molar-refractivity contribution in [2.45, 2.75) is 19.1 Å². The maximum atomic E-state index is 13.2. The van der Waals surface area contributed by atoms with Crippen molar-refractivity contribution in [2.24, 2.45) is 11.0 Å². The number of amides is 4.